The van der Waals surface area contributed by atoms with Crippen LogP contribution in [-0.2, 0) is 9.84 Å². The summed E-state index contributed by atoms with van der Waals surface area (Å²) in [6.45, 7) is 0. The largest absolute Gasteiger partial charge is 0.313 e. The fourth-order valence-corrected chi connectivity index (χ4v) is 2.57. The van der Waals surface area contributed by atoms with Crippen LogP contribution < -0.4 is 5.73 Å². The van der Waals surface area contributed by atoms with Gasteiger partial charge in [-0.15, -0.1) is 0 Å². The summed E-state index contributed by atoms with van der Waals surface area (Å²) >= 11 is 0. The quantitative estimate of drug-likeness (QED) is 0.532. The molecule has 11 heavy (non-hydrogen) atoms. The summed E-state index contributed by atoms with van der Waals surface area (Å²) in [5.74, 6) is 0.105. The van der Waals surface area contributed by atoms with E-state index in [1.165, 1.54) is 0 Å². The van der Waals surface area contributed by atoms with E-state index >= 15 is 0 Å². The lowest BCUT2D eigenvalue weighted by Gasteiger charge is -2.25. The van der Waals surface area contributed by atoms with Gasteiger partial charge in [-0.2, -0.15) is 5.26 Å². The molecule has 1 aliphatic heterocycles. The summed E-state index contributed by atoms with van der Waals surface area (Å²) in [4.78, 5) is 0. The molecule has 1 rings (SSSR count). The van der Waals surface area contributed by atoms with Gasteiger partial charge in [-0.1, -0.05) is 0 Å². The van der Waals surface area contributed by atoms with Crippen LogP contribution in [0.3, 0.4) is 0 Å². The second kappa shape index (κ2) is 2.47. The van der Waals surface area contributed by atoms with Crippen LogP contribution >= 0.6 is 0 Å². The lowest BCUT2D eigenvalue weighted by atomic mass is 9.96. The van der Waals surface area contributed by atoms with Gasteiger partial charge in [-0.25, -0.2) is 8.42 Å². The normalized spacial score (nSPS) is 27.3. The van der Waals surface area contributed by atoms with E-state index in [-0.39, 0.29) is 24.3 Å². The molecule has 0 aliphatic carbocycles. The van der Waals surface area contributed by atoms with Crippen LogP contribution in [0.25, 0.3) is 0 Å². The average molecular weight is 174 g/mol. The van der Waals surface area contributed by atoms with Crippen LogP contribution in [0.15, 0.2) is 0 Å². The van der Waals surface area contributed by atoms with Gasteiger partial charge in [-0.3, -0.25) is 0 Å². The second-order valence-electron chi connectivity index (χ2n) is 2.92. The van der Waals surface area contributed by atoms with Gasteiger partial charge < -0.3 is 5.73 Å². The number of hydrogen-bond acceptors (Lipinski definition) is 4. The van der Waals surface area contributed by atoms with Gasteiger partial charge in [0.25, 0.3) is 0 Å². The maximum atomic E-state index is 10.9. The highest BCUT2D eigenvalue weighted by atomic mass is 32.2. The van der Waals surface area contributed by atoms with Crippen molar-refractivity contribution in [2.24, 2.45) is 5.73 Å². The zero-order chi connectivity index (χ0) is 8.54. The highest BCUT2D eigenvalue weighted by molar-refractivity contribution is 7.91. The molecule has 5 heteroatoms. The van der Waals surface area contributed by atoms with Gasteiger partial charge in [0, 0.05) is 0 Å². The number of hydrogen-bond donors (Lipinski definition) is 1. The number of nitriles is 1. The third kappa shape index (κ3) is 1.91. The summed E-state index contributed by atoms with van der Waals surface area (Å²) < 4.78 is 21.8. The van der Waals surface area contributed by atoms with Crippen LogP contribution in [0.4, 0.5) is 0 Å². The molecule has 4 nitrogen and oxygen atoms in total. The van der Waals surface area contributed by atoms with Crippen LogP contribution in [0, 0.1) is 11.3 Å². The summed E-state index contributed by atoms with van der Waals surface area (Å²) in [5, 5.41) is 8.55. The van der Waals surface area contributed by atoms with Gasteiger partial charge in [-0.05, 0) is 12.8 Å². The molecule has 0 aromatic heterocycles. The summed E-state index contributed by atoms with van der Waals surface area (Å²) in [7, 11) is -2.90. The number of sulfone groups is 1. The van der Waals surface area contributed by atoms with Crippen molar-refractivity contribution < 1.29 is 8.42 Å². The Morgan fingerprint density at radius 1 is 1.36 bits per heavy atom. The molecule has 62 valence electrons. The Hall–Kier alpha value is -0.600. The van der Waals surface area contributed by atoms with Crippen molar-refractivity contribution in [2.45, 2.75) is 18.4 Å². The summed E-state index contributed by atoms with van der Waals surface area (Å²) in [5.41, 5.74) is 4.66. The molecule has 0 atom stereocenters. The molecule has 1 fully saturated rings. The lowest BCUT2D eigenvalue weighted by molar-refractivity contribution is 0.475. The molecule has 0 saturated carbocycles. The summed E-state index contributed by atoms with van der Waals surface area (Å²) in [6.07, 6.45) is 0.539. The van der Waals surface area contributed by atoms with E-state index in [9.17, 15) is 8.42 Å². The number of nitrogens with two attached hydrogens (primary N) is 1. The van der Waals surface area contributed by atoms with Crippen molar-refractivity contribution in [1.29, 1.82) is 5.26 Å². The fourth-order valence-electron chi connectivity index (χ4n) is 1.01. The summed E-state index contributed by atoms with van der Waals surface area (Å²) in [6, 6.07) is 1.93. The molecule has 0 aromatic carbocycles. The van der Waals surface area contributed by atoms with Crippen LogP contribution in [-0.4, -0.2) is 25.5 Å². The predicted octanol–water partition coefficient (Wildman–Crippen LogP) is -0.584. The van der Waals surface area contributed by atoms with Crippen molar-refractivity contribution >= 4 is 9.84 Å². The van der Waals surface area contributed by atoms with Gasteiger partial charge >= 0.3 is 0 Å². The monoisotopic (exact) mass is 174 g/mol. The highest BCUT2D eigenvalue weighted by Gasteiger charge is 2.33. The standard InChI is InChI=1S/C6H10N2O2S/c7-5-6(8)1-3-11(9,10)4-2-6/h1-4,8H2. The topological polar surface area (TPSA) is 83.9 Å². The molecule has 2 N–H and O–H groups in total. The van der Waals surface area contributed by atoms with E-state index in [1.54, 1.807) is 0 Å². The molecule has 0 bridgehead atoms. The molecule has 1 heterocycles. The Bertz CT molecular complexity index is 274. The highest BCUT2D eigenvalue weighted by Crippen LogP contribution is 2.19. The predicted molar refractivity (Wildman–Crippen MR) is 40.4 cm³/mol. The van der Waals surface area contributed by atoms with Crippen molar-refractivity contribution in [2.75, 3.05) is 11.5 Å². The molecule has 1 aliphatic rings. The Labute approximate surface area is 65.9 Å². The Morgan fingerprint density at radius 3 is 2.18 bits per heavy atom. The Balaban J connectivity index is 2.71. The minimum Gasteiger partial charge on any atom is -0.313 e. The van der Waals surface area contributed by atoms with Gasteiger partial charge in [0.05, 0.1) is 17.6 Å². The molecule has 1 saturated heterocycles. The van der Waals surface area contributed by atoms with E-state index in [1.807, 2.05) is 6.07 Å². The molecular weight excluding hydrogens is 164 g/mol. The van der Waals surface area contributed by atoms with E-state index in [0.29, 0.717) is 0 Å². The van der Waals surface area contributed by atoms with E-state index in [0.717, 1.165) is 0 Å². The molecule has 0 radical (unpaired) electrons. The van der Waals surface area contributed by atoms with Crippen LogP contribution in [0.1, 0.15) is 12.8 Å². The minimum absolute atomic E-state index is 0.0526. The second-order valence-corrected chi connectivity index (χ2v) is 5.22. The van der Waals surface area contributed by atoms with Crippen molar-refractivity contribution in [1.82, 2.24) is 0 Å². The van der Waals surface area contributed by atoms with Gasteiger partial charge in [0.15, 0.2) is 9.84 Å². The van der Waals surface area contributed by atoms with Crippen LogP contribution in [0.2, 0.25) is 0 Å². The molecule has 0 amide bonds. The first-order chi connectivity index (χ1) is 4.97. The van der Waals surface area contributed by atoms with Crippen molar-refractivity contribution in [3.8, 4) is 6.07 Å². The fraction of sp³-hybridized carbons (Fsp3) is 0.833. The van der Waals surface area contributed by atoms with Gasteiger partial charge in [0.1, 0.15) is 5.54 Å². The average Bonchev–Trinajstić information content (AvgIpc) is 1.97. The van der Waals surface area contributed by atoms with E-state index in [4.69, 9.17) is 11.0 Å². The maximum absolute atomic E-state index is 10.9. The minimum atomic E-state index is -2.90. The SMILES string of the molecule is N#CC1(N)CCS(=O)(=O)CC1. The maximum Gasteiger partial charge on any atom is 0.150 e. The number of nitrogens with zero attached hydrogens (tertiary/aromatic N) is 1. The first kappa shape index (κ1) is 8.50. The lowest BCUT2D eigenvalue weighted by Crippen LogP contribution is -2.45. The molecule has 0 unspecified atom stereocenters. The third-order valence-electron chi connectivity index (χ3n) is 1.94. The van der Waals surface area contributed by atoms with Crippen molar-refractivity contribution in [3.63, 3.8) is 0 Å². The first-order valence-corrected chi connectivity index (χ1v) is 5.20. The molecule has 0 aromatic rings. The molecule has 0 spiro atoms. The van der Waals surface area contributed by atoms with E-state index < -0.39 is 15.4 Å². The zero-order valence-electron chi connectivity index (χ0n) is 6.08. The third-order valence-corrected chi connectivity index (χ3v) is 3.59. The van der Waals surface area contributed by atoms with Gasteiger partial charge in [0.2, 0.25) is 0 Å². The molecular formula is C6H10N2O2S. The zero-order valence-corrected chi connectivity index (χ0v) is 6.89. The smallest absolute Gasteiger partial charge is 0.150 e. The Morgan fingerprint density at radius 2 is 1.82 bits per heavy atom. The number of rotatable bonds is 0. The first-order valence-electron chi connectivity index (χ1n) is 3.38. The Kier molecular flexibility index (Phi) is 1.90. The van der Waals surface area contributed by atoms with E-state index in [2.05, 4.69) is 0 Å². The van der Waals surface area contributed by atoms with Crippen molar-refractivity contribution in [3.05, 3.63) is 0 Å². The van der Waals surface area contributed by atoms with Crippen LogP contribution in [0.5, 0.6) is 0 Å².